The van der Waals surface area contributed by atoms with Crippen LogP contribution in [-0.4, -0.2) is 25.1 Å². The number of imidazole rings is 1. The quantitative estimate of drug-likeness (QED) is 0.574. The lowest BCUT2D eigenvalue weighted by atomic mass is 10.1. The molecule has 0 bridgehead atoms. The topological polar surface area (TPSA) is 100 Å². The van der Waals surface area contributed by atoms with Crippen molar-refractivity contribution in [2.45, 2.75) is 0 Å². The summed E-state index contributed by atoms with van der Waals surface area (Å²) in [7, 11) is 0. The first-order valence-corrected chi connectivity index (χ1v) is 7.15. The van der Waals surface area contributed by atoms with Gasteiger partial charge >= 0.3 is 5.69 Å². The molecule has 1 aromatic carbocycles. The van der Waals surface area contributed by atoms with Crippen molar-refractivity contribution in [3.05, 3.63) is 51.7 Å². The molecule has 3 heterocycles. The predicted octanol–water partition coefficient (Wildman–Crippen LogP) is 2.73. The Hall–Kier alpha value is -2.74. The minimum Gasteiger partial charge on any atom is -0.354 e. The first kappa shape index (κ1) is 13.0. The van der Waals surface area contributed by atoms with E-state index in [1.807, 2.05) is 18.2 Å². The number of halogens is 1. The first-order chi connectivity index (χ1) is 10.7. The van der Waals surface area contributed by atoms with Crippen LogP contribution in [0.25, 0.3) is 33.7 Å². The number of hydrogen-bond donors (Lipinski definition) is 2. The van der Waals surface area contributed by atoms with Gasteiger partial charge in [-0.05, 0) is 28.1 Å². The van der Waals surface area contributed by atoms with E-state index in [0.29, 0.717) is 27.3 Å². The number of nitrogens with zero attached hydrogens (tertiary/aromatic N) is 3. The van der Waals surface area contributed by atoms with Gasteiger partial charge in [-0.25, -0.2) is 9.78 Å². The zero-order valence-corrected chi connectivity index (χ0v) is 12.6. The predicted molar refractivity (Wildman–Crippen MR) is 83.1 cm³/mol. The minimum atomic E-state index is -0.239. The van der Waals surface area contributed by atoms with Gasteiger partial charge in [-0.1, -0.05) is 11.2 Å². The molecule has 0 aliphatic carbocycles. The number of aromatic amines is 2. The van der Waals surface area contributed by atoms with Crippen LogP contribution in [0.5, 0.6) is 0 Å². The van der Waals surface area contributed by atoms with Crippen LogP contribution >= 0.6 is 15.9 Å². The Morgan fingerprint density at radius 3 is 2.77 bits per heavy atom. The average Bonchev–Trinajstić information content (AvgIpc) is 3.11. The van der Waals surface area contributed by atoms with Gasteiger partial charge in [0, 0.05) is 11.6 Å². The van der Waals surface area contributed by atoms with Crippen molar-refractivity contribution in [1.29, 1.82) is 0 Å². The highest BCUT2D eigenvalue weighted by Gasteiger charge is 2.11. The van der Waals surface area contributed by atoms with E-state index < -0.39 is 0 Å². The molecule has 0 aliphatic heterocycles. The Morgan fingerprint density at radius 2 is 1.91 bits per heavy atom. The molecule has 0 saturated heterocycles. The molecular weight excluding hydrogens is 350 g/mol. The highest BCUT2D eigenvalue weighted by atomic mass is 79.9. The minimum absolute atomic E-state index is 0.239. The van der Waals surface area contributed by atoms with Crippen LogP contribution < -0.4 is 5.69 Å². The second-order valence-corrected chi connectivity index (χ2v) is 5.46. The van der Waals surface area contributed by atoms with Crippen LogP contribution in [-0.2, 0) is 0 Å². The fraction of sp³-hybridized carbons (Fsp3) is 0. The van der Waals surface area contributed by atoms with Gasteiger partial charge < -0.3 is 14.5 Å². The van der Waals surface area contributed by atoms with Crippen molar-refractivity contribution >= 4 is 27.0 Å². The lowest BCUT2D eigenvalue weighted by Crippen LogP contribution is -1.99. The molecule has 0 fully saturated rings. The molecule has 0 amide bonds. The molecule has 4 aromatic rings. The highest BCUT2D eigenvalue weighted by molar-refractivity contribution is 9.10. The molecule has 3 aromatic heterocycles. The Labute approximate surface area is 131 Å². The lowest BCUT2D eigenvalue weighted by Gasteiger charge is -1.95. The van der Waals surface area contributed by atoms with Crippen LogP contribution in [0.1, 0.15) is 0 Å². The molecule has 0 unspecified atom stereocenters. The number of hydrogen-bond acceptors (Lipinski definition) is 5. The Balaban J connectivity index is 1.77. The Bertz CT molecular complexity index is 1030. The van der Waals surface area contributed by atoms with Crippen LogP contribution in [0.2, 0.25) is 0 Å². The third-order valence-electron chi connectivity index (χ3n) is 3.18. The Morgan fingerprint density at radius 1 is 1.05 bits per heavy atom. The molecule has 4 rings (SSSR count). The molecule has 2 N–H and O–H groups in total. The molecule has 8 heteroatoms. The van der Waals surface area contributed by atoms with Gasteiger partial charge in [0.15, 0.2) is 5.76 Å². The van der Waals surface area contributed by atoms with Gasteiger partial charge in [-0.15, -0.1) is 0 Å². The summed E-state index contributed by atoms with van der Waals surface area (Å²) in [6.07, 6.45) is 3.19. The van der Waals surface area contributed by atoms with Crippen LogP contribution in [0, 0.1) is 0 Å². The Kier molecular flexibility index (Phi) is 2.90. The summed E-state index contributed by atoms with van der Waals surface area (Å²) in [6.45, 7) is 0. The maximum absolute atomic E-state index is 11.3. The number of H-pyrrole nitrogens is 2. The summed E-state index contributed by atoms with van der Waals surface area (Å²) in [6, 6.07) is 7.29. The monoisotopic (exact) mass is 357 g/mol. The van der Waals surface area contributed by atoms with Gasteiger partial charge in [0.05, 0.1) is 23.4 Å². The zero-order valence-electron chi connectivity index (χ0n) is 11.0. The van der Waals surface area contributed by atoms with E-state index in [1.165, 1.54) is 0 Å². The van der Waals surface area contributed by atoms with E-state index >= 15 is 0 Å². The van der Waals surface area contributed by atoms with E-state index in [0.717, 1.165) is 11.1 Å². The summed E-state index contributed by atoms with van der Waals surface area (Å²) in [5.41, 5.74) is 3.30. The van der Waals surface area contributed by atoms with Crippen molar-refractivity contribution in [2.75, 3.05) is 0 Å². The summed E-state index contributed by atoms with van der Waals surface area (Å²) in [5.74, 6) is 0.520. The molecule has 108 valence electrons. The van der Waals surface area contributed by atoms with E-state index in [4.69, 9.17) is 4.52 Å². The SMILES string of the molecule is O=c1[nH]c2ccc(-c3cc(-c4cncc(Br)n4)on3)cc2[nH]1. The summed E-state index contributed by atoms with van der Waals surface area (Å²) < 4.78 is 5.94. The second kappa shape index (κ2) is 4.92. The molecule has 7 nitrogen and oxygen atoms in total. The van der Waals surface area contributed by atoms with Gasteiger partial charge in [0.25, 0.3) is 0 Å². The van der Waals surface area contributed by atoms with Crippen LogP contribution in [0.15, 0.2) is 50.6 Å². The van der Waals surface area contributed by atoms with E-state index in [2.05, 4.69) is 41.0 Å². The van der Waals surface area contributed by atoms with Crippen molar-refractivity contribution in [2.24, 2.45) is 0 Å². The number of fused-ring (bicyclic) bond motifs is 1. The van der Waals surface area contributed by atoms with Gasteiger partial charge in [0.2, 0.25) is 0 Å². The fourth-order valence-corrected chi connectivity index (χ4v) is 2.49. The maximum atomic E-state index is 11.3. The van der Waals surface area contributed by atoms with Crippen molar-refractivity contribution < 1.29 is 4.52 Å². The van der Waals surface area contributed by atoms with E-state index in [1.54, 1.807) is 18.5 Å². The highest BCUT2D eigenvalue weighted by Crippen LogP contribution is 2.26. The molecule has 0 saturated carbocycles. The number of nitrogens with one attached hydrogen (secondary N) is 2. The zero-order chi connectivity index (χ0) is 15.1. The summed E-state index contributed by atoms with van der Waals surface area (Å²) >= 11 is 3.27. The largest absolute Gasteiger partial charge is 0.354 e. The molecule has 0 aliphatic rings. The van der Waals surface area contributed by atoms with Gasteiger partial charge in [-0.3, -0.25) is 4.98 Å². The third kappa shape index (κ3) is 2.23. The average molecular weight is 358 g/mol. The second-order valence-electron chi connectivity index (χ2n) is 4.64. The fourth-order valence-electron chi connectivity index (χ4n) is 2.18. The van der Waals surface area contributed by atoms with Crippen LogP contribution in [0.4, 0.5) is 0 Å². The third-order valence-corrected chi connectivity index (χ3v) is 3.56. The molecule has 0 atom stereocenters. The normalized spacial score (nSPS) is 11.1. The molecule has 22 heavy (non-hydrogen) atoms. The number of benzene rings is 1. The van der Waals surface area contributed by atoms with Crippen molar-refractivity contribution in [3.8, 4) is 22.7 Å². The first-order valence-electron chi connectivity index (χ1n) is 6.36. The molecule has 0 spiro atoms. The molecule has 0 radical (unpaired) electrons. The molecular formula is C14H8BrN5O2. The number of aromatic nitrogens is 5. The van der Waals surface area contributed by atoms with E-state index in [9.17, 15) is 4.79 Å². The summed E-state index contributed by atoms with van der Waals surface area (Å²) in [4.78, 5) is 25.0. The van der Waals surface area contributed by atoms with E-state index in [-0.39, 0.29) is 5.69 Å². The standard InChI is InChI=1S/C14H8BrN5O2/c15-13-6-16-5-11(17-13)12-4-9(20-22-12)7-1-2-8-10(3-7)19-14(21)18-8/h1-6H,(H2,18,19,21). The lowest BCUT2D eigenvalue weighted by molar-refractivity contribution is 0.433. The smallest absolute Gasteiger partial charge is 0.323 e. The van der Waals surface area contributed by atoms with Crippen molar-refractivity contribution in [3.63, 3.8) is 0 Å². The number of rotatable bonds is 2. The van der Waals surface area contributed by atoms with Crippen LogP contribution in [0.3, 0.4) is 0 Å². The van der Waals surface area contributed by atoms with Gasteiger partial charge in [-0.2, -0.15) is 0 Å². The maximum Gasteiger partial charge on any atom is 0.323 e. The van der Waals surface area contributed by atoms with Gasteiger partial charge in [0.1, 0.15) is 16.0 Å². The summed E-state index contributed by atoms with van der Waals surface area (Å²) in [5, 5.41) is 4.05. The van der Waals surface area contributed by atoms with Crippen molar-refractivity contribution in [1.82, 2.24) is 25.1 Å².